The molecule has 12 heteroatoms. The molecule has 2 unspecified atom stereocenters. The lowest BCUT2D eigenvalue weighted by atomic mass is 10.0. The van der Waals surface area contributed by atoms with E-state index < -0.39 is 46.4 Å². The maximum absolute atomic E-state index is 14.2. The molecule has 0 aliphatic carbocycles. The van der Waals surface area contributed by atoms with E-state index in [-0.39, 0.29) is 42.5 Å². The van der Waals surface area contributed by atoms with Gasteiger partial charge in [-0.2, -0.15) is 10.1 Å². The van der Waals surface area contributed by atoms with Crippen LogP contribution in [0.1, 0.15) is 60.3 Å². The van der Waals surface area contributed by atoms with Crippen LogP contribution in [0.2, 0.25) is 0 Å². The first-order chi connectivity index (χ1) is 19.2. The Kier molecular flexibility index (Phi) is 7.42. The molecule has 0 saturated carbocycles. The van der Waals surface area contributed by atoms with Gasteiger partial charge in [0, 0.05) is 49.7 Å². The van der Waals surface area contributed by atoms with Crippen LogP contribution >= 0.6 is 0 Å². The van der Waals surface area contributed by atoms with Crippen molar-refractivity contribution in [3.05, 3.63) is 93.4 Å². The minimum absolute atomic E-state index is 0.0500. The van der Waals surface area contributed by atoms with E-state index in [1.54, 1.807) is 23.9 Å². The summed E-state index contributed by atoms with van der Waals surface area (Å²) in [6.07, 6.45) is 3.72. The number of nitrogens with zero attached hydrogens (tertiary/aromatic N) is 6. The quantitative estimate of drug-likeness (QED) is 0.367. The molecule has 1 aromatic carbocycles. The molecule has 4 heterocycles. The smallest absolute Gasteiger partial charge is 0.290 e. The summed E-state index contributed by atoms with van der Waals surface area (Å²) in [4.78, 5) is 36.6. The number of rotatable bonds is 7. The van der Waals surface area contributed by atoms with E-state index in [1.165, 1.54) is 27.8 Å². The van der Waals surface area contributed by atoms with Crippen molar-refractivity contribution in [3.8, 4) is 17.4 Å². The van der Waals surface area contributed by atoms with Crippen molar-refractivity contribution in [1.82, 2.24) is 29.2 Å². The summed E-state index contributed by atoms with van der Waals surface area (Å²) in [7, 11) is 0. The standard InChI is InChI=1S/C28H27F3N6O3/c1-3-23(17-11-19(30)13-20(31)12-17)37-25(21-7-10-36(4-2)34-21)33-26(38)24(28(37)40)27(39)35-9-6-16(15-35)22-14-18(29)5-8-32-22/h5,7-8,10-14,16,23,40H,3-4,6,9,15H2,1-2H3. The summed E-state index contributed by atoms with van der Waals surface area (Å²) in [5.74, 6) is -3.82. The van der Waals surface area contributed by atoms with Crippen LogP contribution in [0, 0.1) is 17.5 Å². The Morgan fingerprint density at radius 1 is 1.10 bits per heavy atom. The number of aromatic hydroxyl groups is 1. The van der Waals surface area contributed by atoms with Crippen molar-refractivity contribution in [3.63, 3.8) is 0 Å². The van der Waals surface area contributed by atoms with E-state index in [9.17, 15) is 27.9 Å². The maximum Gasteiger partial charge on any atom is 0.290 e. The van der Waals surface area contributed by atoms with Gasteiger partial charge in [-0.15, -0.1) is 0 Å². The zero-order valence-corrected chi connectivity index (χ0v) is 21.9. The monoisotopic (exact) mass is 552 g/mol. The predicted octanol–water partition coefficient (Wildman–Crippen LogP) is 4.27. The molecular weight excluding hydrogens is 525 g/mol. The number of aromatic nitrogens is 5. The molecule has 9 nitrogen and oxygen atoms in total. The van der Waals surface area contributed by atoms with Crippen LogP contribution in [0.15, 0.2) is 53.6 Å². The third kappa shape index (κ3) is 5.08. The number of benzene rings is 1. The molecular formula is C28H27F3N6O3. The van der Waals surface area contributed by atoms with Gasteiger partial charge < -0.3 is 10.0 Å². The molecule has 40 heavy (non-hydrogen) atoms. The average molecular weight is 553 g/mol. The van der Waals surface area contributed by atoms with Crippen LogP contribution in [-0.4, -0.2) is 53.3 Å². The maximum atomic E-state index is 14.2. The molecule has 0 bridgehead atoms. The normalized spacial score (nSPS) is 15.9. The number of likely N-dealkylation sites (tertiary alicyclic amines) is 1. The second kappa shape index (κ2) is 10.9. The van der Waals surface area contributed by atoms with Crippen molar-refractivity contribution in [2.45, 2.75) is 45.2 Å². The highest BCUT2D eigenvalue weighted by Gasteiger charge is 2.35. The van der Waals surface area contributed by atoms with E-state index in [0.29, 0.717) is 18.7 Å². The molecule has 1 aliphatic rings. The van der Waals surface area contributed by atoms with Crippen molar-refractivity contribution >= 4 is 5.91 Å². The Labute approximate surface area is 227 Å². The van der Waals surface area contributed by atoms with Gasteiger partial charge in [-0.05, 0) is 55.7 Å². The molecule has 208 valence electrons. The molecule has 1 aliphatic heterocycles. The Hall–Kier alpha value is -4.48. The molecule has 2 atom stereocenters. The highest BCUT2D eigenvalue weighted by molar-refractivity contribution is 5.96. The van der Waals surface area contributed by atoms with Crippen molar-refractivity contribution in [2.24, 2.45) is 0 Å². The third-order valence-electron chi connectivity index (χ3n) is 7.11. The highest BCUT2D eigenvalue weighted by Crippen LogP contribution is 2.34. The molecule has 0 spiro atoms. The minimum atomic E-state index is -0.965. The molecule has 0 radical (unpaired) electrons. The molecule has 5 rings (SSSR count). The van der Waals surface area contributed by atoms with E-state index >= 15 is 0 Å². The zero-order valence-electron chi connectivity index (χ0n) is 21.9. The number of hydrogen-bond acceptors (Lipinski definition) is 6. The first-order valence-electron chi connectivity index (χ1n) is 13.0. The molecule has 1 saturated heterocycles. The molecule has 3 aromatic heterocycles. The van der Waals surface area contributed by atoms with Crippen LogP contribution < -0.4 is 5.56 Å². The Balaban J connectivity index is 1.61. The van der Waals surface area contributed by atoms with Crippen LogP contribution in [0.3, 0.4) is 0 Å². The van der Waals surface area contributed by atoms with Gasteiger partial charge in [0.2, 0.25) is 5.88 Å². The second-order valence-electron chi connectivity index (χ2n) is 9.63. The van der Waals surface area contributed by atoms with Gasteiger partial charge >= 0.3 is 0 Å². The van der Waals surface area contributed by atoms with Gasteiger partial charge in [0.1, 0.15) is 23.1 Å². The topological polar surface area (TPSA) is 106 Å². The lowest BCUT2D eigenvalue weighted by Gasteiger charge is -2.25. The van der Waals surface area contributed by atoms with Crippen molar-refractivity contribution in [2.75, 3.05) is 13.1 Å². The predicted molar refractivity (Wildman–Crippen MR) is 139 cm³/mol. The summed E-state index contributed by atoms with van der Waals surface area (Å²) < 4.78 is 45.0. The SMILES string of the molecule is CCC(c1cc(F)cc(F)c1)n1c(-c2ccn(CC)n2)nc(=O)c(C(=O)N2CCC(c3cc(F)ccn3)C2)c1O. The highest BCUT2D eigenvalue weighted by atomic mass is 19.1. The van der Waals surface area contributed by atoms with Gasteiger partial charge in [0.15, 0.2) is 11.4 Å². The summed E-state index contributed by atoms with van der Waals surface area (Å²) in [6, 6.07) is 6.22. The van der Waals surface area contributed by atoms with Crippen LogP contribution in [0.5, 0.6) is 5.88 Å². The number of halogens is 3. The largest absolute Gasteiger partial charge is 0.494 e. The fraction of sp³-hybridized carbons (Fsp3) is 0.321. The van der Waals surface area contributed by atoms with E-state index in [2.05, 4.69) is 15.1 Å². The first-order valence-corrected chi connectivity index (χ1v) is 13.0. The van der Waals surface area contributed by atoms with Crippen LogP contribution in [0.4, 0.5) is 13.2 Å². The van der Waals surface area contributed by atoms with Gasteiger partial charge in [-0.1, -0.05) is 6.92 Å². The number of pyridine rings is 1. The minimum Gasteiger partial charge on any atom is -0.494 e. The van der Waals surface area contributed by atoms with Gasteiger partial charge in [-0.3, -0.25) is 23.8 Å². The summed E-state index contributed by atoms with van der Waals surface area (Å²) >= 11 is 0. The van der Waals surface area contributed by atoms with Gasteiger partial charge in [0.05, 0.1) is 6.04 Å². The average Bonchev–Trinajstić information content (AvgIpc) is 3.60. The van der Waals surface area contributed by atoms with E-state index in [0.717, 1.165) is 18.2 Å². The second-order valence-corrected chi connectivity index (χ2v) is 9.63. The van der Waals surface area contributed by atoms with E-state index in [4.69, 9.17) is 0 Å². The summed E-state index contributed by atoms with van der Waals surface area (Å²) in [5, 5.41) is 15.9. The molecule has 1 N–H and O–H groups in total. The number of aryl methyl sites for hydroxylation is 1. The Morgan fingerprint density at radius 3 is 2.50 bits per heavy atom. The lowest BCUT2D eigenvalue weighted by molar-refractivity contribution is 0.0783. The number of hydrogen-bond donors (Lipinski definition) is 1. The summed E-state index contributed by atoms with van der Waals surface area (Å²) in [6.45, 7) is 4.52. The van der Waals surface area contributed by atoms with Crippen LogP contribution in [-0.2, 0) is 6.54 Å². The van der Waals surface area contributed by atoms with Crippen molar-refractivity contribution in [1.29, 1.82) is 0 Å². The summed E-state index contributed by atoms with van der Waals surface area (Å²) in [5.41, 5.74) is -0.638. The molecule has 1 amide bonds. The lowest BCUT2D eigenvalue weighted by Crippen LogP contribution is -2.35. The molecule has 4 aromatic rings. The first kappa shape index (κ1) is 27.1. The fourth-order valence-electron chi connectivity index (χ4n) is 5.17. The third-order valence-corrected chi connectivity index (χ3v) is 7.11. The van der Waals surface area contributed by atoms with Crippen molar-refractivity contribution < 1.29 is 23.1 Å². The Morgan fingerprint density at radius 2 is 1.85 bits per heavy atom. The van der Waals surface area contributed by atoms with E-state index in [1.807, 2.05) is 6.92 Å². The Bertz CT molecular complexity index is 1620. The number of amides is 1. The van der Waals surface area contributed by atoms with Crippen LogP contribution in [0.25, 0.3) is 11.5 Å². The fourth-order valence-corrected chi connectivity index (χ4v) is 5.17. The number of carbonyl (C=O) groups excluding carboxylic acids is 1. The van der Waals surface area contributed by atoms with Gasteiger partial charge in [-0.25, -0.2) is 13.2 Å². The zero-order chi connectivity index (χ0) is 28.6. The van der Waals surface area contributed by atoms with Gasteiger partial charge in [0.25, 0.3) is 11.5 Å². The molecule has 1 fully saturated rings. The number of carbonyl (C=O) groups is 1.